The third-order valence-electron chi connectivity index (χ3n) is 4.54. The van der Waals surface area contributed by atoms with Gasteiger partial charge in [0.1, 0.15) is 11.4 Å². The van der Waals surface area contributed by atoms with Crippen LogP contribution in [-0.4, -0.2) is 28.1 Å². The number of halogens is 3. The summed E-state index contributed by atoms with van der Waals surface area (Å²) >= 11 is 5.98. The van der Waals surface area contributed by atoms with Crippen LogP contribution >= 0.6 is 11.6 Å². The van der Waals surface area contributed by atoms with Crippen molar-refractivity contribution in [2.45, 2.75) is 20.4 Å². The van der Waals surface area contributed by atoms with Crippen LogP contribution in [0.25, 0.3) is 10.9 Å². The number of nitrogens with zero attached hydrogens (tertiary/aromatic N) is 2. The minimum atomic E-state index is -0.868. The minimum absolute atomic E-state index is 0.0593. The van der Waals surface area contributed by atoms with Gasteiger partial charge in [0.2, 0.25) is 0 Å². The number of fused-ring (bicyclic) bond motifs is 1. The molecule has 0 aliphatic heterocycles. The van der Waals surface area contributed by atoms with Crippen LogP contribution in [-0.2, 0) is 6.54 Å². The van der Waals surface area contributed by atoms with Gasteiger partial charge in [-0.2, -0.15) is 0 Å². The Bertz CT molecular complexity index is 977. The van der Waals surface area contributed by atoms with E-state index in [0.717, 1.165) is 6.07 Å². The Morgan fingerprint density at radius 3 is 2.59 bits per heavy atom. The maximum Gasteiger partial charge on any atom is 0.157 e. The molecule has 0 atom stereocenters. The molecule has 0 spiro atoms. The van der Waals surface area contributed by atoms with Crippen LogP contribution in [0.5, 0.6) is 5.75 Å². The highest BCUT2D eigenvalue weighted by Crippen LogP contribution is 2.34. The lowest BCUT2D eigenvalue weighted by Gasteiger charge is -2.21. The number of aromatic nitrogens is 1. The first-order chi connectivity index (χ1) is 12.9. The summed E-state index contributed by atoms with van der Waals surface area (Å²) in [6, 6.07) is 7.67. The summed E-state index contributed by atoms with van der Waals surface area (Å²) in [5.41, 5.74) is 0.853. The van der Waals surface area contributed by atoms with E-state index in [4.69, 9.17) is 11.6 Å². The summed E-state index contributed by atoms with van der Waals surface area (Å²) in [6.07, 6.45) is 1.54. The van der Waals surface area contributed by atoms with Crippen LogP contribution in [0.15, 0.2) is 36.5 Å². The van der Waals surface area contributed by atoms with Crippen LogP contribution in [0.3, 0.4) is 0 Å². The van der Waals surface area contributed by atoms with Gasteiger partial charge in [-0.1, -0.05) is 25.4 Å². The average molecular weight is 392 g/mol. The molecule has 0 saturated heterocycles. The molecular weight excluding hydrogens is 372 g/mol. The fraction of sp³-hybridized carbons (Fsp3) is 0.250. The highest BCUT2D eigenvalue weighted by atomic mass is 35.5. The van der Waals surface area contributed by atoms with Gasteiger partial charge in [0.25, 0.3) is 0 Å². The van der Waals surface area contributed by atoms with Crippen molar-refractivity contribution in [1.82, 2.24) is 9.88 Å². The zero-order valence-electron chi connectivity index (χ0n) is 15.1. The van der Waals surface area contributed by atoms with Gasteiger partial charge in [0.15, 0.2) is 11.6 Å². The van der Waals surface area contributed by atoms with Gasteiger partial charge in [0, 0.05) is 40.5 Å². The third kappa shape index (κ3) is 3.96. The Labute approximate surface area is 161 Å². The molecule has 2 aromatic carbocycles. The van der Waals surface area contributed by atoms with Crippen molar-refractivity contribution in [3.8, 4) is 5.75 Å². The first-order valence-electron chi connectivity index (χ1n) is 8.68. The molecule has 2 N–H and O–H groups in total. The summed E-state index contributed by atoms with van der Waals surface area (Å²) in [5.74, 6) is -2.07. The van der Waals surface area contributed by atoms with Gasteiger partial charge in [-0.05, 0) is 37.4 Å². The van der Waals surface area contributed by atoms with E-state index >= 15 is 4.39 Å². The van der Waals surface area contributed by atoms with Gasteiger partial charge in [0.05, 0.1) is 5.52 Å². The molecule has 0 fully saturated rings. The largest absolute Gasteiger partial charge is 0.507 e. The number of hydrogen-bond donors (Lipinski definition) is 2. The predicted octanol–water partition coefficient (Wildman–Crippen LogP) is 5.46. The Morgan fingerprint density at radius 2 is 1.89 bits per heavy atom. The van der Waals surface area contributed by atoms with Crippen LogP contribution in [0, 0.1) is 11.6 Å². The molecule has 0 unspecified atom stereocenters. The van der Waals surface area contributed by atoms with E-state index < -0.39 is 17.4 Å². The van der Waals surface area contributed by atoms with Crippen molar-refractivity contribution in [1.29, 1.82) is 0 Å². The molecule has 0 radical (unpaired) electrons. The van der Waals surface area contributed by atoms with E-state index in [-0.39, 0.29) is 17.8 Å². The summed E-state index contributed by atoms with van der Waals surface area (Å²) < 4.78 is 29.5. The molecule has 0 aliphatic carbocycles. The normalized spacial score (nSPS) is 11.3. The average Bonchev–Trinajstić information content (AvgIpc) is 2.65. The van der Waals surface area contributed by atoms with Crippen LogP contribution in [0.1, 0.15) is 19.4 Å². The number of anilines is 2. The summed E-state index contributed by atoms with van der Waals surface area (Å²) in [4.78, 5) is 6.16. The number of aromatic hydroxyl groups is 1. The Balaban J connectivity index is 2.05. The minimum Gasteiger partial charge on any atom is -0.507 e. The number of nitrogens with one attached hydrogen (secondary N) is 1. The summed E-state index contributed by atoms with van der Waals surface area (Å²) in [5, 5.41) is 14.1. The lowest BCUT2D eigenvalue weighted by atomic mass is 10.1. The molecule has 3 rings (SSSR count). The molecule has 3 aromatic rings. The van der Waals surface area contributed by atoms with Crippen LogP contribution in [0.4, 0.5) is 20.2 Å². The maximum atomic E-state index is 15.1. The molecule has 7 heteroatoms. The first kappa shape index (κ1) is 19.3. The summed E-state index contributed by atoms with van der Waals surface area (Å²) in [6.45, 7) is 5.44. The van der Waals surface area contributed by atoms with Gasteiger partial charge in [-0.3, -0.25) is 9.88 Å². The highest BCUT2D eigenvalue weighted by molar-refractivity contribution is 6.31. The van der Waals surface area contributed by atoms with Crippen molar-refractivity contribution in [2.75, 3.05) is 18.4 Å². The number of phenols is 1. The van der Waals surface area contributed by atoms with E-state index in [1.807, 2.05) is 18.7 Å². The molecule has 142 valence electrons. The lowest BCUT2D eigenvalue weighted by molar-refractivity contribution is 0.285. The van der Waals surface area contributed by atoms with E-state index in [9.17, 15) is 9.50 Å². The Hall–Kier alpha value is -2.44. The van der Waals surface area contributed by atoms with Crippen molar-refractivity contribution >= 4 is 33.9 Å². The molecule has 1 heterocycles. The predicted molar refractivity (Wildman–Crippen MR) is 105 cm³/mol. The maximum absolute atomic E-state index is 15.1. The fourth-order valence-corrected chi connectivity index (χ4v) is 3.11. The molecular formula is C20H20ClF2N3O. The second-order valence-corrected chi connectivity index (χ2v) is 6.59. The smallest absolute Gasteiger partial charge is 0.157 e. The second-order valence-electron chi connectivity index (χ2n) is 6.15. The fourth-order valence-electron chi connectivity index (χ4n) is 2.95. The molecule has 0 saturated carbocycles. The highest BCUT2D eigenvalue weighted by Gasteiger charge is 2.20. The van der Waals surface area contributed by atoms with Gasteiger partial charge >= 0.3 is 0 Å². The summed E-state index contributed by atoms with van der Waals surface area (Å²) in [7, 11) is 0. The monoisotopic (exact) mass is 391 g/mol. The van der Waals surface area contributed by atoms with E-state index in [1.54, 1.807) is 24.3 Å². The molecule has 4 nitrogen and oxygen atoms in total. The van der Waals surface area contributed by atoms with Crippen molar-refractivity contribution in [2.24, 2.45) is 0 Å². The number of pyridine rings is 1. The van der Waals surface area contributed by atoms with Gasteiger partial charge in [-0.25, -0.2) is 8.78 Å². The molecule has 1 aromatic heterocycles. The molecule has 0 aliphatic rings. The van der Waals surface area contributed by atoms with E-state index in [1.165, 1.54) is 6.20 Å². The van der Waals surface area contributed by atoms with Crippen molar-refractivity contribution < 1.29 is 13.9 Å². The quantitative estimate of drug-likeness (QED) is 0.548. The third-order valence-corrected chi connectivity index (χ3v) is 4.77. The number of hydrogen-bond acceptors (Lipinski definition) is 4. The van der Waals surface area contributed by atoms with Gasteiger partial charge in [-0.15, -0.1) is 0 Å². The topological polar surface area (TPSA) is 48.4 Å². The van der Waals surface area contributed by atoms with E-state index in [0.29, 0.717) is 34.7 Å². The SMILES string of the molecule is CCN(CC)Cc1c(O)cc(F)c(Nc2ccnc3cc(Cl)ccc23)c1F. The zero-order chi connectivity index (χ0) is 19.6. The van der Waals surface area contributed by atoms with Crippen molar-refractivity contribution in [3.63, 3.8) is 0 Å². The molecule has 0 amide bonds. The Kier molecular flexibility index (Phi) is 5.77. The standard InChI is InChI=1S/C20H20ClF2N3O/c1-3-26(4-2)11-14-18(27)10-15(22)20(19(14)23)25-16-7-8-24-17-9-12(21)5-6-13(16)17/h5-10,27H,3-4,11H2,1-2H3,(H,24,25). The molecule has 0 bridgehead atoms. The van der Waals surface area contributed by atoms with Crippen LogP contribution < -0.4 is 5.32 Å². The number of rotatable bonds is 6. The van der Waals surface area contributed by atoms with Gasteiger partial charge < -0.3 is 10.4 Å². The van der Waals surface area contributed by atoms with Crippen LogP contribution in [0.2, 0.25) is 5.02 Å². The second kappa shape index (κ2) is 8.06. The lowest BCUT2D eigenvalue weighted by Crippen LogP contribution is -2.23. The zero-order valence-corrected chi connectivity index (χ0v) is 15.8. The van der Waals surface area contributed by atoms with E-state index in [2.05, 4.69) is 10.3 Å². The van der Waals surface area contributed by atoms with Crippen molar-refractivity contribution in [3.05, 3.63) is 58.7 Å². The first-order valence-corrected chi connectivity index (χ1v) is 9.05. The molecule has 27 heavy (non-hydrogen) atoms. The number of phenolic OH excluding ortho intramolecular Hbond substituents is 1. The Morgan fingerprint density at radius 1 is 1.15 bits per heavy atom. The number of benzene rings is 2.